The third-order valence-corrected chi connectivity index (χ3v) is 6.26. The molecule has 0 fully saturated rings. The average Bonchev–Trinajstić information content (AvgIpc) is 3.01. The molecule has 0 atom stereocenters. The smallest absolute Gasteiger partial charge is 0.341 e. The number of hydrogen-bond donors (Lipinski definition) is 1. The van der Waals surface area contributed by atoms with Crippen molar-refractivity contribution in [3.8, 4) is 5.75 Å². The minimum absolute atomic E-state index is 0.178. The van der Waals surface area contributed by atoms with E-state index in [9.17, 15) is 13.2 Å². The molecule has 28 heavy (non-hydrogen) atoms. The molecule has 0 aliphatic rings. The molecular weight excluding hydrogens is 378 g/mol. The molecule has 0 amide bonds. The lowest BCUT2D eigenvalue weighted by Gasteiger charge is -2.10. The molecule has 0 unspecified atom stereocenters. The van der Waals surface area contributed by atoms with Crippen LogP contribution in [0.5, 0.6) is 5.75 Å². The number of nitrogens with zero attached hydrogens (tertiary/aromatic N) is 1. The Hall–Kier alpha value is -3.32. The molecule has 0 spiro atoms. The van der Waals surface area contributed by atoms with Gasteiger partial charge in [0.1, 0.15) is 5.75 Å². The lowest BCUT2D eigenvalue weighted by Crippen LogP contribution is -2.13. The summed E-state index contributed by atoms with van der Waals surface area (Å²) in [6, 6.07) is 18.8. The highest BCUT2D eigenvalue weighted by molar-refractivity contribution is 7.90. The molecule has 7 heteroatoms. The molecule has 6 nitrogen and oxygen atoms in total. The van der Waals surface area contributed by atoms with Crippen LogP contribution >= 0.6 is 0 Å². The highest BCUT2D eigenvalue weighted by Crippen LogP contribution is 2.34. The van der Waals surface area contributed by atoms with Crippen LogP contribution in [0.2, 0.25) is 0 Å². The summed E-state index contributed by atoms with van der Waals surface area (Å²) in [7, 11) is -3.87. The molecule has 1 heterocycles. The number of rotatable bonds is 5. The van der Waals surface area contributed by atoms with E-state index >= 15 is 0 Å². The quantitative estimate of drug-likeness (QED) is 0.555. The first kappa shape index (κ1) is 18.1. The molecule has 0 radical (unpaired) electrons. The van der Waals surface area contributed by atoms with E-state index in [0.29, 0.717) is 11.0 Å². The van der Waals surface area contributed by atoms with Gasteiger partial charge in [0.15, 0.2) is 6.61 Å². The van der Waals surface area contributed by atoms with Gasteiger partial charge < -0.3 is 9.84 Å². The minimum Gasteiger partial charge on any atom is -0.482 e. The first-order valence-corrected chi connectivity index (χ1v) is 10.0. The predicted octanol–water partition coefficient (Wildman–Crippen LogP) is 3.80. The van der Waals surface area contributed by atoms with E-state index in [1.54, 1.807) is 54.6 Å². The SMILES string of the molecule is Cc1ccc(S(=O)(=O)n2c3ccccc3c3ccc(OCC(=O)O)cc32)cc1. The number of aryl methyl sites for hydroxylation is 1. The average molecular weight is 395 g/mol. The fourth-order valence-electron chi connectivity index (χ4n) is 3.22. The van der Waals surface area contributed by atoms with Gasteiger partial charge in [-0.15, -0.1) is 0 Å². The first-order valence-electron chi connectivity index (χ1n) is 8.58. The van der Waals surface area contributed by atoms with Crippen molar-refractivity contribution in [2.24, 2.45) is 0 Å². The van der Waals surface area contributed by atoms with Crippen LogP contribution < -0.4 is 4.74 Å². The molecule has 3 aromatic carbocycles. The van der Waals surface area contributed by atoms with E-state index in [2.05, 4.69) is 0 Å². The lowest BCUT2D eigenvalue weighted by atomic mass is 10.1. The van der Waals surface area contributed by atoms with E-state index in [4.69, 9.17) is 9.84 Å². The summed E-state index contributed by atoms with van der Waals surface area (Å²) in [4.78, 5) is 11.0. The summed E-state index contributed by atoms with van der Waals surface area (Å²) in [5.41, 5.74) is 1.95. The Bertz CT molecular complexity index is 1300. The zero-order valence-electron chi connectivity index (χ0n) is 15.0. The van der Waals surface area contributed by atoms with Crippen molar-refractivity contribution < 1.29 is 23.1 Å². The summed E-state index contributed by atoms with van der Waals surface area (Å²) in [5, 5.41) is 10.4. The van der Waals surface area contributed by atoms with Gasteiger partial charge in [-0.1, -0.05) is 35.9 Å². The fraction of sp³-hybridized carbons (Fsp3) is 0.0952. The van der Waals surface area contributed by atoms with Gasteiger partial charge in [0.05, 0.1) is 15.9 Å². The van der Waals surface area contributed by atoms with Crippen molar-refractivity contribution in [2.75, 3.05) is 6.61 Å². The zero-order valence-corrected chi connectivity index (χ0v) is 15.8. The molecule has 0 aliphatic heterocycles. The molecule has 4 rings (SSSR count). The Morgan fingerprint density at radius 3 is 2.36 bits per heavy atom. The molecule has 0 bridgehead atoms. The highest BCUT2D eigenvalue weighted by atomic mass is 32.2. The van der Waals surface area contributed by atoms with Crippen molar-refractivity contribution in [1.82, 2.24) is 3.97 Å². The summed E-state index contributed by atoms with van der Waals surface area (Å²) in [6.07, 6.45) is 0. The molecule has 1 aromatic heterocycles. The maximum atomic E-state index is 13.4. The molecule has 0 aliphatic carbocycles. The maximum Gasteiger partial charge on any atom is 0.341 e. The van der Waals surface area contributed by atoms with Gasteiger partial charge in [-0.25, -0.2) is 17.2 Å². The summed E-state index contributed by atoms with van der Waals surface area (Å²) >= 11 is 0. The second kappa shape index (κ2) is 6.69. The minimum atomic E-state index is -3.87. The van der Waals surface area contributed by atoms with Gasteiger partial charge in [-0.2, -0.15) is 0 Å². The number of carboxylic acid groups (broad SMARTS) is 1. The number of hydrogen-bond acceptors (Lipinski definition) is 4. The number of carboxylic acids is 1. The third-order valence-electron chi connectivity index (χ3n) is 4.52. The monoisotopic (exact) mass is 395 g/mol. The van der Waals surface area contributed by atoms with Crippen molar-refractivity contribution in [3.63, 3.8) is 0 Å². The Labute approximate surface area is 161 Å². The van der Waals surface area contributed by atoms with Gasteiger partial charge in [0.25, 0.3) is 10.0 Å². The topological polar surface area (TPSA) is 85.6 Å². The van der Waals surface area contributed by atoms with E-state index < -0.39 is 22.6 Å². The van der Waals surface area contributed by atoms with Gasteiger partial charge in [0.2, 0.25) is 0 Å². The maximum absolute atomic E-state index is 13.4. The van der Waals surface area contributed by atoms with Gasteiger partial charge >= 0.3 is 5.97 Å². The summed E-state index contributed by atoms with van der Waals surface area (Å²) in [6.45, 7) is 1.39. The molecule has 4 aromatic rings. The van der Waals surface area contributed by atoms with E-state index in [1.165, 1.54) is 3.97 Å². The Kier molecular flexibility index (Phi) is 4.31. The van der Waals surface area contributed by atoms with Gasteiger partial charge in [-0.05, 0) is 37.3 Å². The van der Waals surface area contributed by atoms with Crippen molar-refractivity contribution in [3.05, 3.63) is 72.3 Å². The number of benzene rings is 3. The van der Waals surface area contributed by atoms with Crippen LogP contribution in [0.1, 0.15) is 5.56 Å². The van der Waals surface area contributed by atoms with Crippen LogP contribution in [0, 0.1) is 6.92 Å². The van der Waals surface area contributed by atoms with Crippen LogP contribution in [0.4, 0.5) is 0 Å². The molecular formula is C21H17NO5S. The second-order valence-electron chi connectivity index (χ2n) is 6.46. The molecule has 1 N–H and O–H groups in total. The number of ether oxygens (including phenoxy) is 1. The standard InChI is InChI=1S/C21H17NO5S/c1-14-6-9-16(10-7-14)28(25,26)22-19-5-3-2-4-17(19)18-11-8-15(12-20(18)22)27-13-21(23)24/h2-12H,13H2,1H3,(H,23,24). The number of carbonyl (C=O) groups is 1. The van der Waals surface area contributed by atoms with E-state index in [1.807, 2.05) is 19.1 Å². The van der Waals surface area contributed by atoms with Crippen molar-refractivity contribution >= 4 is 37.8 Å². The normalized spacial score (nSPS) is 11.8. The number of aromatic nitrogens is 1. The highest BCUT2D eigenvalue weighted by Gasteiger charge is 2.23. The number of para-hydroxylation sites is 1. The van der Waals surface area contributed by atoms with Crippen LogP contribution in [0.25, 0.3) is 21.8 Å². The predicted molar refractivity (Wildman–Crippen MR) is 106 cm³/mol. The number of aliphatic carboxylic acids is 1. The molecule has 0 saturated carbocycles. The van der Waals surface area contributed by atoms with Crippen molar-refractivity contribution in [1.29, 1.82) is 0 Å². The third kappa shape index (κ3) is 2.99. The van der Waals surface area contributed by atoms with Crippen LogP contribution in [-0.2, 0) is 14.8 Å². The van der Waals surface area contributed by atoms with Crippen molar-refractivity contribution in [2.45, 2.75) is 11.8 Å². The van der Waals surface area contributed by atoms with Crippen LogP contribution in [0.3, 0.4) is 0 Å². The Morgan fingerprint density at radius 2 is 1.64 bits per heavy atom. The first-order chi connectivity index (χ1) is 13.4. The Morgan fingerprint density at radius 1 is 0.964 bits per heavy atom. The van der Waals surface area contributed by atoms with Crippen LogP contribution in [0.15, 0.2) is 71.6 Å². The summed E-state index contributed by atoms with van der Waals surface area (Å²) in [5.74, 6) is -0.814. The lowest BCUT2D eigenvalue weighted by molar-refractivity contribution is -0.139. The zero-order chi connectivity index (χ0) is 19.9. The van der Waals surface area contributed by atoms with E-state index in [-0.39, 0.29) is 10.6 Å². The van der Waals surface area contributed by atoms with Crippen LogP contribution in [-0.4, -0.2) is 30.1 Å². The second-order valence-corrected chi connectivity index (χ2v) is 8.25. The molecule has 0 saturated heterocycles. The largest absolute Gasteiger partial charge is 0.482 e. The summed E-state index contributed by atoms with van der Waals surface area (Å²) < 4.78 is 33.4. The van der Waals surface area contributed by atoms with E-state index in [0.717, 1.165) is 16.3 Å². The van der Waals surface area contributed by atoms with Gasteiger partial charge in [0, 0.05) is 16.8 Å². The molecule has 142 valence electrons. The Balaban J connectivity index is 2.00. The van der Waals surface area contributed by atoms with Gasteiger partial charge in [-0.3, -0.25) is 0 Å². The fourth-order valence-corrected chi connectivity index (χ4v) is 4.74. The number of fused-ring (bicyclic) bond motifs is 3.